The van der Waals surface area contributed by atoms with E-state index in [1.807, 2.05) is 13.8 Å². The molecule has 1 fully saturated rings. The first-order valence-corrected chi connectivity index (χ1v) is 6.94. The summed E-state index contributed by atoms with van der Waals surface area (Å²) < 4.78 is 10.8. The molecule has 7 heteroatoms. The zero-order valence-corrected chi connectivity index (χ0v) is 12.1. The number of nitrogens with zero attached hydrogens (tertiary/aromatic N) is 4. The minimum absolute atomic E-state index is 0.164. The Balaban J connectivity index is 1.92. The van der Waals surface area contributed by atoms with Crippen LogP contribution in [0, 0.1) is 0 Å². The van der Waals surface area contributed by atoms with Gasteiger partial charge in [0.2, 0.25) is 11.2 Å². The molecule has 1 saturated heterocycles. The second-order valence-electron chi connectivity index (χ2n) is 4.65. The summed E-state index contributed by atoms with van der Waals surface area (Å²) >= 11 is 5.89. The van der Waals surface area contributed by atoms with Crippen molar-refractivity contribution >= 4 is 17.5 Å². The average molecular weight is 287 g/mol. The molecule has 2 heterocycles. The SMILES string of the molecule is CC(C)OCCOc1nc(Cl)nc(N2CCCC2)n1. The Morgan fingerprint density at radius 1 is 1.16 bits per heavy atom. The van der Waals surface area contributed by atoms with Gasteiger partial charge in [0.05, 0.1) is 12.7 Å². The lowest BCUT2D eigenvalue weighted by Crippen LogP contribution is -2.21. The van der Waals surface area contributed by atoms with E-state index >= 15 is 0 Å². The Morgan fingerprint density at radius 3 is 2.58 bits per heavy atom. The highest BCUT2D eigenvalue weighted by molar-refractivity contribution is 6.28. The van der Waals surface area contributed by atoms with E-state index in [9.17, 15) is 0 Å². The molecule has 1 aromatic heterocycles. The third-order valence-electron chi connectivity index (χ3n) is 2.73. The molecular weight excluding hydrogens is 268 g/mol. The number of aromatic nitrogens is 3. The lowest BCUT2D eigenvalue weighted by Gasteiger charge is -2.15. The summed E-state index contributed by atoms with van der Waals surface area (Å²) in [5.41, 5.74) is 0. The molecule has 0 saturated carbocycles. The van der Waals surface area contributed by atoms with Crippen LogP contribution in [0.3, 0.4) is 0 Å². The standard InChI is InChI=1S/C12H19ClN4O2/c1-9(2)18-7-8-19-12-15-10(13)14-11(16-12)17-5-3-4-6-17/h9H,3-8H2,1-2H3. The topological polar surface area (TPSA) is 60.4 Å². The van der Waals surface area contributed by atoms with Crippen molar-refractivity contribution in [3.8, 4) is 6.01 Å². The maximum atomic E-state index is 5.89. The molecule has 0 aliphatic carbocycles. The van der Waals surface area contributed by atoms with Crippen molar-refractivity contribution < 1.29 is 9.47 Å². The van der Waals surface area contributed by atoms with Crippen molar-refractivity contribution in [2.45, 2.75) is 32.8 Å². The molecule has 0 aromatic carbocycles. The van der Waals surface area contributed by atoms with E-state index < -0.39 is 0 Å². The third-order valence-corrected chi connectivity index (χ3v) is 2.90. The van der Waals surface area contributed by atoms with E-state index in [0.717, 1.165) is 25.9 Å². The minimum Gasteiger partial charge on any atom is -0.461 e. The highest BCUT2D eigenvalue weighted by Gasteiger charge is 2.17. The van der Waals surface area contributed by atoms with Crippen molar-refractivity contribution in [2.24, 2.45) is 0 Å². The number of hydrogen-bond acceptors (Lipinski definition) is 6. The largest absolute Gasteiger partial charge is 0.461 e. The van der Waals surface area contributed by atoms with Crippen molar-refractivity contribution in [1.82, 2.24) is 15.0 Å². The zero-order valence-electron chi connectivity index (χ0n) is 11.3. The molecule has 0 atom stereocenters. The molecule has 0 N–H and O–H groups in total. The number of ether oxygens (including phenoxy) is 2. The number of hydrogen-bond donors (Lipinski definition) is 0. The Kier molecular flexibility index (Phi) is 5.15. The fourth-order valence-corrected chi connectivity index (χ4v) is 2.01. The van der Waals surface area contributed by atoms with E-state index in [0.29, 0.717) is 19.2 Å². The number of anilines is 1. The maximum Gasteiger partial charge on any atom is 0.322 e. The van der Waals surface area contributed by atoms with Gasteiger partial charge in [0.15, 0.2) is 0 Å². The van der Waals surface area contributed by atoms with Crippen LogP contribution in [0.25, 0.3) is 0 Å². The van der Waals surface area contributed by atoms with Crippen LogP contribution in [0.2, 0.25) is 5.28 Å². The van der Waals surface area contributed by atoms with Gasteiger partial charge in [0, 0.05) is 13.1 Å². The summed E-state index contributed by atoms with van der Waals surface area (Å²) in [5, 5.41) is 0.164. The fourth-order valence-electron chi connectivity index (χ4n) is 1.86. The van der Waals surface area contributed by atoms with E-state index in [1.165, 1.54) is 0 Å². The fraction of sp³-hybridized carbons (Fsp3) is 0.750. The first-order valence-electron chi connectivity index (χ1n) is 6.56. The predicted molar refractivity (Wildman–Crippen MR) is 72.9 cm³/mol. The first kappa shape index (κ1) is 14.3. The van der Waals surface area contributed by atoms with Gasteiger partial charge < -0.3 is 14.4 Å². The van der Waals surface area contributed by atoms with Crippen LogP contribution in [0.5, 0.6) is 6.01 Å². The summed E-state index contributed by atoms with van der Waals surface area (Å²) in [6.07, 6.45) is 2.49. The van der Waals surface area contributed by atoms with Crippen LogP contribution in [-0.4, -0.2) is 47.4 Å². The molecule has 0 unspecified atom stereocenters. The normalized spacial score (nSPS) is 15.3. The lowest BCUT2D eigenvalue weighted by atomic mass is 10.4. The molecule has 0 amide bonds. The summed E-state index contributed by atoms with van der Waals surface area (Å²) in [6.45, 7) is 6.76. The van der Waals surface area contributed by atoms with Gasteiger partial charge in [-0.3, -0.25) is 0 Å². The molecule has 19 heavy (non-hydrogen) atoms. The Bertz CT molecular complexity index is 411. The predicted octanol–water partition coefficient (Wildman–Crippen LogP) is 1.93. The molecule has 0 spiro atoms. The third kappa shape index (κ3) is 4.47. The van der Waals surface area contributed by atoms with Gasteiger partial charge in [-0.15, -0.1) is 0 Å². The molecule has 106 valence electrons. The Hall–Kier alpha value is -1.14. The van der Waals surface area contributed by atoms with Gasteiger partial charge in [-0.05, 0) is 38.3 Å². The summed E-state index contributed by atoms with van der Waals surface area (Å²) in [7, 11) is 0. The van der Waals surface area contributed by atoms with Gasteiger partial charge in [-0.1, -0.05) is 0 Å². The first-order chi connectivity index (χ1) is 9.15. The zero-order chi connectivity index (χ0) is 13.7. The monoisotopic (exact) mass is 286 g/mol. The van der Waals surface area contributed by atoms with Gasteiger partial charge in [0.1, 0.15) is 6.61 Å². The van der Waals surface area contributed by atoms with Crippen molar-refractivity contribution in [2.75, 3.05) is 31.2 Å². The smallest absolute Gasteiger partial charge is 0.322 e. The van der Waals surface area contributed by atoms with E-state index in [2.05, 4.69) is 19.9 Å². The van der Waals surface area contributed by atoms with Crippen LogP contribution in [-0.2, 0) is 4.74 Å². The summed E-state index contributed by atoms with van der Waals surface area (Å²) in [5.74, 6) is 0.595. The van der Waals surface area contributed by atoms with Gasteiger partial charge in [-0.25, -0.2) is 0 Å². The van der Waals surface area contributed by atoms with Crippen molar-refractivity contribution in [3.63, 3.8) is 0 Å². The quantitative estimate of drug-likeness (QED) is 0.745. The van der Waals surface area contributed by atoms with Crippen LogP contribution < -0.4 is 9.64 Å². The molecule has 2 rings (SSSR count). The number of rotatable bonds is 6. The molecule has 1 aliphatic heterocycles. The van der Waals surface area contributed by atoms with Gasteiger partial charge >= 0.3 is 6.01 Å². The highest BCUT2D eigenvalue weighted by Crippen LogP contribution is 2.19. The van der Waals surface area contributed by atoms with Crippen LogP contribution in [0.15, 0.2) is 0 Å². The molecule has 1 aromatic rings. The van der Waals surface area contributed by atoms with Crippen LogP contribution >= 0.6 is 11.6 Å². The molecule has 0 bridgehead atoms. The van der Waals surface area contributed by atoms with E-state index in [-0.39, 0.29) is 17.4 Å². The summed E-state index contributed by atoms with van der Waals surface area (Å²) in [6, 6.07) is 0.259. The maximum absolute atomic E-state index is 5.89. The minimum atomic E-state index is 0.164. The lowest BCUT2D eigenvalue weighted by molar-refractivity contribution is 0.0531. The highest BCUT2D eigenvalue weighted by atomic mass is 35.5. The van der Waals surface area contributed by atoms with Crippen molar-refractivity contribution in [1.29, 1.82) is 0 Å². The second-order valence-corrected chi connectivity index (χ2v) is 4.99. The summed E-state index contributed by atoms with van der Waals surface area (Å²) in [4.78, 5) is 14.5. The second kappa shape index (κ2) is 6.86. The van der Waals surface area contributed by atoms with Crippen molar-refractivity contribution in [3.05, 3.63) is 5.28 Å². The van der Waals surface area contributed by atoms with Crippen LogP contribution in [0.1, 0.15) is 26.7 Å². The van der Waals surface area contributed by atoms with Gasteiger partial charge in [0.25, 0.3) is 0 Å². The van der Waals surface area contributed by atoms with Crippen LogP contribution in [0.4, 0.5) is 5.95 Å². The molecule has 1 aliphatic rings. The van der Waals surface area contributed by atoms with Gasteiger partial charge in [-0.2, -0.15) is 15.0 Å². The van der Waals surface area contributed by atoms with E-state index in [1.54, 1.807) is 0 Å². The number of halogens is 1. The molecular formula is C12H19ClN4O2. The Morgan fingerprint density at radius 2 is 1.89 bits per heavy atom. The molecule has 6 nitrogen and oxygen atoms in total. The molecule has 0 radical (unpaired) electrons. The van der Waals surface area contributed by atoms with E-state index in [4.69, 9.17) is 21.1 Å². The average Bonchev–Trinajstić information content (AvgIpc) is 2.87. The Labute approximate surface area is 118 Å².